The lowest BCUT2D eigenvalue weighted by Gasteiger charge is -2.10. The van der Waals surface area contributed by atoms with Crippen LogP contribution < -0.4 is 0 Å². The van der Waals surface area contributed by atoms with E-state index >= 15 is 0 Å². The van der Waals surface area contributed by atoms with Crippen molar-refractivity contribution in [3.8, 4) is 16.9 Å². The van der Waals surface area contributed by atoms with Crippen molar-refractivity contribution < 1.29 is 5.11 Å². The topological polar surface area (TPSA) is 20.2 Å². The van der Waals surface area contributed by atoms with Crippen molar-refractivity contribution in [1.29, 1.82) is 0 Å². The Morgan fingerprint density at radius 1 is 0.737 bits per heavy atom. The summed E-state index contributed by atoms with van der Waals surface area (Å²) >= 11 is 0. The van der Waals surface area contributed by atoms with E-state index in [-0.39, 0.29) is 0 Å². The highest BCUT2D eigenvalue weighted by Gasteiger charge is 2.07. The quantitative estimate of drug-likeness (QED) is 0.835. The molecule has 0 aliphatic carbocycles. The molecule has 0 radical (unpaired) electrons. The molecule has 2 aromatic carbocycles. The van der Waals surface area contributed by atoms with Gasteiger partial charge in [-0.1, -0.05) is 51.1 Å². The smallest absolute Gasteiger partial charge is 0.123 e. The Kier molecular flexibility index (Phi) is 4.26. The molecular formula is C18H22O. The molecule has 100 valence electrons. The van der Waals surface area contributed by atoms with Crippen LogP contribution in [0.3, 0.4) is 0 Å². The van der Waals surface area contributed by atoms with Gasteiger partial charge < -0.3 is 5.11 Å². The summed E-state index contributed by atoms with van der Waals surface area (Å²) in [6.45, 7) is 6.43. The van der Waals surface area contributed by atoms with Gasteiger partial charge in [0.1, 0.15) is 5.75 Å². The van der Waals surface area contributed by atoms with Crippen molar-refractivity contribution in [2.45, 2.75) is 40.0 Å². The average Bonchev–Trinajstić information content (AvgIpc) is 2.46. The maximum Gasteiger partial charge on any atom is 0.123 e. The summed E-state index contributed by atoms with van der Waals surface area (Å²) < 4.78 is 0. The molecule has 0 heterocycles. The molecule has 0 fully saturated rings. The minimum absolute atomic E-state index is 0.384. The molecule has 0 saturated heterocycles. The second-order valence-corrected chi connectivity index (χ2v) is 4.95. The summed E-state index contributed by atoms with van der Waals surface area (Å²) in [5.74, 6) is 0.384. The largest absolute Gasteiger partial charge is 0.507 e. The Morgan fingerprint density at radius 3 is 1.79 bits per heavy atom. The summed E-state index contributed by atoms with van der Waals surface area (Å²) in [4.78, 5) is 0. The molecule has 2 rings (SSSR count). The molecule has 1 N–H and O–H groups in total. The highest BCUT2D eigenvalue weighted by Crippen LogP contribution is 2.31. The van der Waals surface area contributed by atoms with E-state index in [4.69, 9.17) is 0 Å². The second kappa shape index (κ2) is 5.92. The lowest BCUT2D eigenvalue weighted by molar-refractivity contribution is 0.476. The van der Waals surface area contributed by atoms with Crippen molar-refractivity contribution in [2.24, 2.45) is 0 Å². The lowest BCUT2D eigenvalue weighted by atomic mass is 9.96. The van der Waals surface area contributed by atoms with Crippen molar-refractivity contribution in [3.05, 3.63) is 53.1 Å². The number of benzene rings is 2. The highest BCUT2D eigenvalue weighted by molar-refractivity contribution is 5.71. The van der Waals surface area contributed by atoms with Crippen LogP contribution in [0.1, 0.15) is 37.5 Å². The monoisotopic (exact) mass is 254 g/mol. The maximum absolute atomic E-state index is 10.2. The van der Waals surface area contributed by atoms with Gasteiger partial charge in [-0.15, -0.1) is 0 Å². The van der Waals surface area contributed by atoms with Crippen LogP contribution >= 0.6 is 0 Å². The van der Waals surface area contributed by atoms with Crippen LogP contribution in [0.2, 0.25) is 0 Å². The zero-order valence-corrected chi connectivity index (χ0v) is 12.0. The van der Waals surface area contributed by atoms with E-state index < -0.39 is 0 Å². The van der Waals surface area contributed by atoms with E-state index in [0.717, 1.165) is 30.4 Å². The van der Waals surface area contributed by atoms with E-state index in [1.54, 1.807) is 0 Å². The molecule has 0 unspecified atom stereocenters. The number of phenolic OH excluding ortho intramolecular Hbond substituents is 1. The molecule has 0 spiro atoms. The highest BCUT2D eigenvalue weighted by atomic mass is 16.3. The molecular weight excluding hydrogens is 232 g/mol. The van der Waals surface area contributed by atoms with Gasteiger partial charge in [0.25, 0.3) is 0 Å². The lowest BCUT2D eigenvalue weighted by Crippen LogP contribution is -1.90. The molecule has 0 bridgehead atoms. The fourth-order valence-electron chi connectivity index (χ4n) is 2.37. The van der Waals surface area contributed by atoms with Gasteiger partial charge in [0.2, 0.25) is 0 Å². The van der Waals surface area contributed by atoms with E-state index in [1.807, 2.05) is 12.1 Å². The fourth-order valence-corrected chi connectivity index (χ4v) is 2.37. The van der Waals surface area contributed by atoms with Gasteiger partial charge in [-0.25, -0.2) is 0 Å². The predicted molar refractivity (Wildman–Crippen MR) is 81.7 cm³/mol. The summed E-state index contributed by atoms with van der Waals surface area (Å²) in [5, 5.41) is 10.2. The number of hydrogen-bond donors (Lipinski definition) is 1. The first-order valence-corrected chi connectivity index (χ1v) is 7.13. The minimum Gasteiger partial charge on any atom is -0.507 e. The Hall–Kier alpha value is -1.76. The van der Waals surface area contributed by atoms with Gasteiger partial charge in [0, 0.05) is 5.56 Å². The van der Waals surface area contributed by atoms with Crippen molar-refractivity contribution in [3.63, 3.8) is 0 Å². The third-order valence-corrected chi connectivity index (χ3v) is 3.65. The number of hydrogen-bond acceptors (Lipinski definition) is 1. The number of aromatic hydroxyl groups is 1. The predicted octanol–water partition coefficient (Wildman–Crippen LogP) is 4.75. The summed E-state index contributed by atoms with van der Waals surface area (Å²) in [7, 11) is 0. The second-order valence-electron chi connectivity index (χ2n) is 4.95. The molecule has 0 aliphatic heterocycles. The van der Waals surface area contributed by atoms with Gasteiger partial charge >= 0.3 is 0 Å². The molecule has 0 amide bonds. The number of rotatable bonds is 4. The zero-order chi connectivity index (χ0) is 13.8. The number of aryl methyl sites for hydroxylation is 3. The Bertz CT molecular complexity index is 548. The zero-order valence-electron chi connectivity index (χ0n) is 12.0. The van der Waals surface area contributed by atoms with E-state index in [1.165, 1.54) is 16.7 Å². The van der Waals surface area contributed by atoms with Crippen LogP contribution in [-0.4, -0.2) is 5.11 Å². The molecule has 2 aromatic rings. The van der Waals surface area contributed by atoms with Gasteiger partial charge in [0.15, 0.2) is 0 Å². The van der Waals surface area contributed by atoms with Crippen molar-refractivity contribution in [2.75, 3.05) is 0 Å². The summed E-state index contributed by atoms with van der Waals surface area (Å²) in [6, 6.07) is 12.6. The maximum atomic E-state index is 10.2. The molecule has 0 atom stereocenters. The Balaban J connectivity index is 2.51. The standard InChI is InChI=1S/C18H22O/c1-4-13-7-8-17(18(19)12-13)16-10-14(5-2)9-15(6-3)11-16/h7-12,19H,4-6H2,1-3H3. The summed E-state index contributed by atoms with van der Waals surface area (Å²) in [6.07, 6.45) is 2.99. The van der Waals surface area contributed by atoms with E-state index in [9.17, 15) is 5.11 Å². The molecule has 0 aromatic heterocycles. The van der Waals surface area contributed by atoms with Gasteiger partial charge in [-0.3, -0.25) is 0 Å². The average molecular weight is 254 g/mol. The first-order valence-electron chi connectivity index (χ1n) is 7.13. The summed E-state index contributed by atoms with van der Waals surface area (Å²) in [5.41, 5.74) is 5.88. The third-order valence-electron chi connectivity index (χ3n) is 3.65. The van der Waals surface area contributed by atoms with Crippen LogP contribution in [0, 0.1) is 0 Å². The minimum atomic E-state index is 0.384. The van der Waals surface area contributed by atoms with Crippen LogP contribution in [0.5, 0.6) is 5.75 Å². The fraction of sp³-hybridized carbons (Fsp3) is 0.333. The van der Waals surface area contributed by atoms with Crippen molar-refractivity contribution >= 4 is 0 Å². The van der Waals surface area contributed by atoms with Crippen LogP contribution in [0.15, 0.2) is 36.4 Å². The van der Waals surface area contributed by atoms with Crippen molar-refractivity contribution in [1.82, 2.24) is 0 Å². The third kappa shape index (κ3) is 2.98. The van der Waals surface area contributed by atoms with Crippen LogP contribution in [-0.2, 0) is 19.3 Å². The van der Waals surface area contributed by atoms with Gasteiger partial charge in [-0.2, -0.15) is 0 Å². The Morgan fingerprint density at radius 2 is 1.32 bits per heavy atom. The van der Waals surface area contributed by atoms with Crippen LogP contribution in [0.4, 0.5) is 0 Å². The molecule has 0 saturated carbocycles. The van der Waals surface area contributed by atoms with Crippen LogP contribution in [0.25, 0.3) is 11.1 Å². The molecule has 0 aliphatic rings. The number of phenols is 1. The van der Waals surface area contributed by atoms with E-state index in [2.05, 4.69) is 45.0 Å². The van der Waals surface area contributed by atoms with Gasteiger partial charge in [0.05, 0.1) is 0 Å². The van der Waals surface area contributed by atoms with E-state index in [0.29, 0.717) is 5.75 Å². The Labute approximate surface area is 115 Å². The molecule has 19 heavy (non-hydrogen) atoms. The first kappa shape index (κ1) is 13.7. The first-order chi connectivity index (χ1) is 9.17. The SMILES string of the molecule is CCc1cc(CC)cc(-c2ccc(CC)cc2O)c1. The van der Waals surface area contributed by atoms with Gasteiger partial charge in [-0.05, 0) is 47.6 Å². The normalized spacial score (nSPS) is 10.7. The molecule has 1 nitrogen and oxygen atoms in total. The molecule has 1 heteroatoms.